The Morgan fingerprint density at radius 1 is 1.42 bits per heavy atom. The number of carboxylic acid groups (broad SMARTS) is 1. The number of aryl methyl sites for hydroxylation is 1. The van der Waals surface area contributed by atoms with Gasteiger partial charge in [-0.1, -0.05) is 26.0 Å². The molecule has 1 aromatic heterocycles. The van der Waals surface area contributed by atoms with Gasteiger partial charge < -0.3 is 14.4 Å². The Labute approximate surface area is 112 Å². The molecule has 0 bridgehead atoms. The molecule has 0 saturated heterocycles. The molecule has 4 heteroatoms. The Bertz CT molecular complexity index is 626. The number of hydrogen-bond donors (Lipinski definition) is 1. The van der Waals surface area contributed by atoms with Crippen LogP contribution >= 0.6 is 0 Å². The van der Waals surface area contributed by atoms with E-state index >= 15 is 0 Å². The maximum atomic E-state index is 11.5. The minimum absolute atomic E-state index is 0.355. The van der Waals surface area contributed by atoms with E-state index in [1.165, 1.54) is 0 Å². The summed E-state index contributed by atoms with van der Waals surface area (Å²) in [6.07, 6.45) is 0. The molecule has 0 saturated carbocycles. The summed E-state index contributed by atoms with van der Waals surface area (Å²) in [5, 5.41) is 10.4. The van der Waals surface area contributed by atoms with E-state index in [0.29, 0.717) is 23.9 Å². The molecule has 1 N–H and O–H groups in total. The van der Waals surface area contributed by atoms with E-state index in [1.807, 2.05) is 29.7 Å². The van der Waals surface area contributed by atoms with Crippen LogP contribution in [0.15, 0.2) is 18.2 Å². The number of rotatable bonds is 4. The van der Waals surface area contributed by atoms with Gasteiger partial charge in [0.25, 0.3) is 0 Å². The molecule has 102 valence electrons. The zero-order valence-electron chi connectivity index (χ0n) is 11.7. The summed E-state index contributed by atoms with van der Waals surface area (Å²) in [7, 11) is 1.61. The van der Waals surface area contributed by atoms with Gasteiger partial charge in [-0.2, -0.15) is 0 Å². The number of ether oxygens (including phenoxy) is 1. The number of aromatic carboxylic acids is 1. The highest BCUT2D eigenvalue weighted by atomic mass is 16.5. The number of para-hydroxylation sites is 1. The third-order valence-corrected chi connectivity index (χ3v) is 3.27. The third kappa shape index (κ3) is 2.18. The lowest BCUT2D eigenvalue weighted by molar-refractivity contribution is 0.0684. The molecule has 0 aliphatic rings. The topological polar surface area (TPSA) is 51.5 Å². The van der Waals surface area contributed by atoms with Crippen LogP contribution in [0.2, 0.25) is 0 Å². The molecule has 1 heterocycles. The van der Waals surface area contributed by atoms with Gasteiger partial charge in [0.1, 0.15) is 11.4 Å². The average molecular weight is 261 g/mol. The molecule has 0 aliphatic heterocycles. The number of fused-ring (bicyclic) bond motifs is 1. The normalized spacial score (nSPS) is 11.2. The quantitative estimate of drug-likeness (QED) is 0.918. The molecule has 0 amide bonds. The summed E-state index contributed by atoms with van der Waals surface area (Å²) in [6, 6.07) is 5.69. The van der Waals surface area contributed by atoms with Crippen molar-refractivity contribution in [2.75, 3.05) is 7.11 Å². The molecule has 0 radical (unpaired) electrons. The van der Waals surface area contributed by atoms with Crippen molar-refractivity contribution in [2.24, 2.45) is 5.92 Å². The first-order valence-electron chi connectivity index (χ1n) is 6.36. The van der Waals surface area contributed by atoms with Crippen LogP contribution in [0.25, 0.3) is 10.9 Å². The molecule has 0 spiro atoms. The number of hydrogen-bond acceptors (Lipinski definition) is 2. The molecular formula is C15H19NO3. The number of carbonyl (C=O) groups is 1. The third-order valence-electron chi connectivity index (χ3n) is 3.27. The maximum absolute atomic E-state index is 11.5. The smallest absolute Gasteiger partial charge is 0.352 e. The number of carboxylic acids is 1. The van der Waals surface area contributed by atoms with Crippen molar-refractivity contribution in [1.82, 2.24) is 4.57 Å². The summed E-state index contributed by atoms with van der Waals surface area (Å²) in [5.74, 6) is 0.183. The van der Waals surface area contributed by atoms with Crippen LogP contribution in [0, 0.1) is 12.8 Å². The fourth-order valence-corrected chi connectivity index (χ4v) is 2.53. The van der Waals surface area contributed by atoms with Crippen LogP contribution < -0.4 is 4.74 Å². The lowest BCUT2D eigenvalue weighted by atomic mass is 10.1. The Balaban J connectivity index is 2.85. The van der Waals surface area contributed by atoms with Crippen LogP contribution in [0.4, 0.5) is 0 Å². The minimum Gasteiger partial charge on any atom is -0.495 e. The van der Waals surface area contributed by atoms with E-state index in [4.69, 9.17) is 4.74 Å². The van der Waals surface area contributed by atoms with Crippen molar-refractivity contribution in [3.05, 3.63) is 29.5 Å². The zero-order chi connectivity index (χ0) is 14.2. The first-order valence-corrected chi connectivity index (χ1v) is 6.36. The van der Waals surface area contributed by atoms with Crippen molar-refractivity contribution in [3.63, 3.8) is 0 Å². The van der Waals surface area contributed by atoms with Crippen LogP contribution in [0.3, 0.4) is 0 Å². The summed E-state index contributed by atoms with van der Waals surface area (Å²) in [4.78, 5) is 11.5. The summed E-state index contributed by atoms with van der Waals surface area (Å²) >= 11 is 0. The van der Waals surface area contributed by atoms with Gasteiger partial charge in [-0.3, -0.25) is 0 Å². The van der Waals surface area contributed by atoms with Gasteiger partial charge in [0.2, 0.25) is 0 Å². The number of aromatic nitrogens is 1. The second kappa shape index (κ2) is 4.96. The van der Waals surface area contributed by atoms with Crippen LogP contribution in [0.1, 0.15) is 29.9 Å². The van der Waals surface area contributed by atoms with Crippen molar-refractivity contribution in [2.45, 2.75) is 27.3 Å². The number of methoxy groups -OCH3 is 1. The van der Waals surface area contributed by atoms with Gasteiger partial charge in [-0.05, 0) is 24.5 Å². The van der Waals surface area contributed by atoms with Crippen molar-refractivity contribution in [3.8, 4) is 5.75 Å². The summed E-state index contributed by atoms with van der Waals surface area (Å²) < 4.78 is 7.24. The van der Waals surface area contributed by atoms with E-state index in [2.05, 4.69) is 13.8 Å². The number of nitrogens with zero attached hydrogens (tertiary/aromatic N) is 1. The van der Waals surface area contributed by atoms with Gasteiger partial charge in [0.05, 0.1) is 12.6 Å². The molecule has 1 aromatic carbocycles. The van der Waals surface area contributed by atoms with Gasteiger partial charge in [0, 0.05) is 11.9 Å². The Morgan fingerprint density at radius 2 is 2.11 bits per heavy atom. The van der Waals surface area contributed by atoms with Crippen LogP contribution in [-0.4, -0.2) is 22.8 Å². The van der Waals surface area contributed by atoms with Crippen molar-refractivity contribution in [1.29, 1.82) is 0 Å². The van der Waals surface area contributed by atoms with Gasteiger partial charge in [0.15, 0.2) is 0 Å². The molecule has 19 heavy (non-hydrogen) atoms. The molecule has 4 nitrogen and oxygen atoms in total. The molecule has 2 aromatic rings. The first kappa shape index (κ1) is 13.5. The first-order chi connectivity index (χ1) is 8.97. The molecule has 0 fully saturated rings. The lowest BCUT2D eigenvalue weighted by Crippen LogP contribution is -2.13. The predicted octanol–water partition coefficient (Wildman–Crippen LogP) is 3.31. The summed E-state index contributed by atoms with van der Waals surface area (Å²) in [5.41, 5.74) is 2.02. The van der Waals surface area contributed by atoms with E-state index in [0.717, 1.165) is 16.5 Å². The van der Waals surface area contributed by atoms with Gasteiger partial charge >= 0.3 is 5.97 Å². The van der Waals surface area contributed by atoms with Crippen molar-refractivity contribution < 1.29 is 14.6 Å². The van der Waals surface area contributed by atoms with Crippen LogP contribution in [-0.2, 0) is 6.54 Å². The molecule has 2 rings (SSSR count). The minimum atomic E-state index is -0.892. The molecular weight excluding hydrogens is 242 g/mol. The Hall–Kier alpha value is -1.97. The Kier molecular flexibility index (Phi) is 3.51. The highest BCUT2D eigenvalue weighted by Crippen LogP contribution is 2.33. The zero-order valence-corrected chi connectivity index (χ0v) is 11.7. The van der Waals surface area contributed by atoms with Crippen molar-refractivity contribution >= 4 is 16.9 Å². The van der Waals surface area contributed by atoms with Gasteiger partial charge in [-0.15, -0.1) is 0 Å². The number of benzene rings is 1. The lowest BCUT2D eigenvalue weighted by Gasteiger charge is -2.13. The largest absolute Gasteiger partial charge is 0.495 e. The van der Waals surface area contributed by atoms with E-state index < -0.39 is 5.97 Å². The molecule has 0 unspecified atom stereocenters. The SMILES string of the molecule is COc1cccc2c(C)c(C(=O)O)n(CC(C)C)c12. The highest BCUT2D eigenvalue weighted by molar-refractivity contribution is 6.00. The second-order valence-corrected chi connectivity index (χ2v) is 5.14. The molecule has 0 aliphatic carbocycles. The highest BCUT2D eigenvalue weighted by Gasteiger charge is 2.22. The average Bonchev–Trinajstić information content (AvgIpc) is 2.62. The molecule has 0 atom stereocenters. The standard InChI is InChI=1S/C15H19NO3/c1-9(2)8-16-13(15(17)18)10(3)11-6-5-7-12(19-4)14(11)16/h5-7,9H,8H2,1-4H3,(H,17,18). The van der Waals surface area contributed by atoms with E-state index in [9.17, 15) is 9.90 Å². The Morgan fingerprint density at radius 3 is 2.63 bits per heavy atom. The monoisotopic (exact) mass is 261 g/mol. The van der Waals surface area contributed by atoms with Gasteiger partial charge in [-0.25, -0.2) is 4.79 Å². The second-order valence-electron chi connectivity index (χ2n) is 5.14. The fraction of sp³-hybridized carbons (Fsp3) is 0.400. The van der Waals surface area contributed by atoms with E-state index in [1.54, 1.807) is 7.11 Å². The summed E-state index contributed by atoms with van der Waals surface area (Å²) in [6.45, 7) is 6.65. The fourth-order valence-electron chi connectivity index (χ4n) is 2.53. The van der Waals surface area contributed by atoms with E-state index in [-0.39, 0.29) is 0 Å². The maximum Gasteiger partial charge on any atom is 0.352 e. The predicted molar refractivity (Wildman–Crippen MR) is 75.0 cm³/mol. The van der Waals surface area contributed by atoms with Crippen LogP contribution in [0.5, 0.6) is 5.75 Å².